The SMILES string of the molecule is O=C(NC1CCN(Cc2ccc(N3CCCC3)cc2)C1)c1ccc(-n2nc(-c3ccccc3)cc2-c2ccccc2)cc1. The summed E-state index contributed by atoms with van der Waals surface area (Å²) in [7, 11) is 0. The van der Waals surface area contributed by atoms with Gasteiger partial charge in [-0.1, -0.05) is 72.8 Å². The fourth-order valence-electron chi connectivity index (χ4n) is 6.30. The number of aromatic nitrogens is 2. The number of nitrogens with one attached hydrogen (secondary N) is 1. The van der Waals surface area contributed by atoms with Crippen LogP contribution in [0.15, 0.2) is 115 Å². The minimum Gasteiger partial charge on any atom is -0.372 e. The summed E-state index contributed by atoms with van der Waals surface area (Å²) in [6.07, 6.45) is 3.55. The Morgan fingerprint density at radius 1 is 0.744 bits per heavy atom. The van der Waals surface area contributed by atoms with Gasteiger partial charge < -0.3 is 10.2 Å². The zero-order valence-electron chi connectivity index (χ0n) is 24.4. The number of benzene rings is 4. The molecule has 0 bridgehead atoms. The Labute approximate surface area is 253 Å². The van der Waals surface area contributed by atoms with Gasteiger partial charge in [0.25, 0.3) is 5.91 Å². The highest BCUT2D eigenvalue weighted by Gasteiger charge is 2.24. The maximum atomic E-state index is 13.2. The molecule has 1 unspecified atom stereocenters. The molecular weight excluding hydrogens is 530 g/mol. The fraction of sp³-hybridized carbons (Fsp3) is 0.243. The predicted octanol–water partition coefficient (Wildman–Crippen LogP) is 6.81. The summed E-state index contributed by atoms with van der Waals surface area (Å²) in [5.74, 6) is -0.0258. The van der Waals surface area contributed by atoms with Crippen LogP contribution in [0, 0.1) is 0 Å². The Bertz CT molecular complexity index is 1660. The Morgan fingerprint density at radius 3 is 2.09 bits per heavy atom. The van der Waals surface area contributed by atoms with Gasteiger partial charge in [-0.15, -0.1) is 0 Å². The van der Waals surface area contributed by atoms with Gasteiger partial charge in [0.15, 0.2) is 0 Å². The van der Waals surface area contributed by atoms with Crippen molar-refractivity contribution >= 4 is 11.6 Å². The number of likely N-dealkylation sites (tertiary alicyclic amines) is 1. The van der Waals surface area contributed by atoms with Crippen LogP contribution in [0.25, 0.3) is 28.2 Å². The van der Waals surface area contributed by atoms with E-state index in [2.05, 4.69) is 69.7 Å². The number of nitrogens with zero attached hydrogens (tertiary/aromatic N) is 4. The molecule has 6 nitrogen and oxygen atoms in total. The lowest BCUT2D eigenvalue weighted by atomic mass is 10.1. The molecule has 0 aliphatic carbocycles. The molecule has 2 saturated heterocycles. The second-order valence-corrected chi connectivity index (χ2v) is 11.7. The molecule has 43 heavy (non-hydrogen) atoms. The summed E-state index contributed by atoms with van der Waals surface area (Å²) in [6.45, 7) is 5.11. The summed E-state index contributed by atoms with van der Waals surface area (Å²) in [5, 5.41) is 8.23. The number of carbonyl (C=O) groups excluding carboxylic acids is 1. The van der Waals surface area contributed by atoms with Gasteiger partial charge in [0.2, 0.25) is 0 Å². The van der Waals surface area contributed by atoms with Crippen molar-refractivity contribution in [2.75, 3.05) is 31.1 Å². The first kappa shape index (κ1) is 27.2. The monoisotopic (exact) mass is 567 g/mol. The van der Waals surface area contributed by atoms with Crippen molar-refractivity contribution < 1.29 is 4.79 Å². The lowest BCUT2D eigenvalue weighted by Gasteiger charge is -2.20. The zero-order chi connectivity index (χ0) is 29.0. The zero-order valence-corrected chi connectivity index (χ0v) is 24.4. The molecule has 0 saturated carbocycles. The first-order valence-electron chi connectivity index (χ1n) is 15.4. The fourth-order valence-corrected chi connectivity index (χ4v) is 6.30. The Kier molecular flexibility index (Phi) is 7.76. The molecule has 6 heteroatoms. The van der Waals surface area contributed by atoms with Gasteiger partial charge in [-0.05, 0) is 67.3 Å². The summed E-state index contributed by atoms with van der Waals surface area (Å²) in [6, 6.07) is 39.6. The molecule has 4 aromatic carbocycles. The molecule has 3 heterocycles. The van der Waals surface area contributed by atoms with Gasteiger partial charge in [-0.2, -0.15) is 5.10 Å². The van der Waals surface area contributed by atoms with E-state index in [-0.39, 0.29) is 11.9 Å². The first-order valence-corrected chi connectivity index (χ1v) is 15.4. The Hall–Kier alpha value is -4.68. The summed E-state index contributed by atoms with van der Waals surface area (Å²) < 4.78 is 1.96. The second kappa shape index (κ2) is 12.3. The molecule has 2 aliphatic rings. The maximum Gasteiger partial charge on any atom is 0.251 e. The van der Waals surface area contributed by atoms with Crippen molar-refractivity contribution in [1.29, 1.82) is 0 Å². The molecule has 1 aromatic heterocycles. The van der Waals surface area contributed by atoms with E-state index in [0.29, 0.717) is 5.56 Å². The Balaban J connectivity index is 1.00. The molecule has 1 atom stereocenters. The third-order valence-corrected chi connectivity index (χ3v) is 8.64. The van der Waals surface area contributed by atoms with Gasteiger partial charge in [0.1, 0.15) is 0 Å². The number of hydrogen-bond donors (Lipinski definition) is 1. The van der Waals surface area contributed by atoms with Crippen LogP contribution in [-0.4, -0.2) is 52.8 Å². The van der Waals surface area contributed by atoms with E-state index in [9.17, 15) is 4.79 Å². The van der Waals surface area contributed by atoms with Crippen molar-refractivity contribution in [3.63, 3.8) is 0 Å². The van der Waals surface area contributed by atoms with Crippen LogP contribution in [0.1, 0.15) is 35.2 Å². The topological polar surface area (TPSA) is 53.4 Å². The number of hydrogen-bond acceptors (Lipinski definition) is 4. The molecular formula is C37H37N5O. The Morgan fingerprint density at radius 2 is 1.40 bits per heavy atom. The van der Waals surface area contributed by atoms with Crippen LogP contribution >= 0.6 is 0 Å². The van der Waals surface area contributed by atoms with Crippen molar-refractivity contribution in [3.05, 3.63) is 126 Å². The van der Waals surface area contributed by atoms with Crippen LogP contribution in [0.4, 0.5) is 5.69 Å². The highest BCUT2D eigenvalue weighted by atomic mass is 16.1. The number of anilines is 1. The van der Waals surface area contributed by atoms with Crippen LogP contribution < -0.4 is 10.2 Å². The van der Waals surface area contributed by atoms with Crippen LogP contribution in [-0.2, 0) is 6.54 Å². The largest absolute Gasteiger partial charge is 0.372 e. The van der Waals surface area contributed by atoms with E-state index in [0.717, 1.165) is 54.3 Å². The smallest absolute Gasteiger partial charge is 0.251 e. The van der Waals surface area contributed by atoms with Gasteiger partial charge >= 0.3 is 0 Å². The van der Waals surface area contributed by atoms with Gasteiger partial charge in [0, 0.05) is 61.1 Å². The van der Waals surface area contributed by atoms with Gasteiger partial charge in [-0.25, -0.2) is 4.68 Å². The maximum absolute atomic E-state index is 13.2. The van der Waals surface area contributed by atoms with Crippen LogP contribution in [0.2, 0.25) is 0 Å². The summed E-state index contributed by atoms with van der Waals surface area (Å²) >= 11 is 0. The quantitative estimate of drug-likeness (QED) is 0.224. The average Bonchev–Trinajstić information content (AvgIpc) is 3.85. The molecule has 2 aliphatic heterocycles. The second-order valence-electron chi connectivity index (χ2n) is 11.7. The highest BCUT2D eigenvalue weighted by molar-refractivity contribution is 5.94. The lowest BCUT2D eigenvalue weighted by Crippen LogP contribution is -2.37. The highest BCUT2D eigenvalue weighted by Crippen LogP contribution is 2.29. The van der Waals surface area contributed by atoms with Crippen molar-refractivity contribution in [1.82, 2.24) is 20.0 Å². The van der Waals surface area contributed by atoms with Crippen LogP contribution in [0.3, 0.4) is 0 Å². The number of carbonyl (C=O) groups is 1. The first-order chi connectivity index (χ1) is 21.2. The molecule has 2 fully saturated rings. The minimum atomic E-state index is -0.0258. The third kappa shape index (κ3) is 6.11. The van der Waals surface area contributed by atoms with E-state index in [1.54, 1.807) is 0 Å². The normalized spacial score (nSPS) is 16.9. The van der Waals surface area contributed by atoms with Crippen molar-refractivity contribution in [2.24, 2.45) is 0 Å². The molecule has 1 amide bonds. The molecule has 216 valence electrons. The standard InChI is InChI=1S/C37H37N5O/c43-37(38-32-21-24-40(27-32)26-28-13-17-33(18-14-28)41-22-7-8-23-41)31-15-19-34(20-16-31)42-36(30-11-5-2-6-12-30)25-35(39-42)29-9-3-1-4-10-29/h1-6,9-20,25,32H,7-8,21-24,26-27H2,(H,38,43). The van der Waals surface area contributed by atoms with E-state index >= 15 is 0 Å². The van der Waals surface area contributed by atoms with E-state index < -0.39 is 0 Å². The van der Waals surface area contributed by atoms with Crippen molar-refractivity contribution in [2.45, 2.75) is 31.8 Å². The lowest BCUT2D eigenvalue weighted by molar-refractivity contribution is 0.0937. The summed E-state index contributed by atoms with van der Waals surface area (Å²) in [5.41, 5.74) is 8.32. The molecule has 0 spiro atoms. The van der Waals surface area contributed by atoms with E-state index in [4.69, 9.17) is 5.10 Å². The molecule has 7 rings (SSSR count). The van der Waals surface area contributed by atoms with Gasteiger partial charge in [-0.3, -0.25) is 9.69 Å². The minimum absolute atomic E-state index is 0.0258. The van der Waals surface area contributed by atoms with Gasteiger partial charge in [0.05, 0.1) is 17.1 Å². The van der Waals surface area contributed by atoms with E-state index in [1.165, 1.54) is 37.2 Å². The average molecular weight is 568 g/mol. The third-order valence-electron chi connectivity index (χ3n) is 8.64. The van der Waals surface area contributed by atoms with Crippen molar-refractivity contribution in [3.8, 4) is 28.2 Å². The molecule has 1 N–H and O–H groups in total. The number of amides is 1. The molecule has 5 aromatic rings. The summed E-state index contributed by atoms with van der Waals surface area (Å²) in [4.78, 5) is 18.1. The number of rotatable bonds is 8. The van der Waals surface area contributed by atoms with E-state index in [1.807, 2.05) is 65.3 Å². The van der Waals surface area contributed by atoms with Crippen LogP contribution in [0.5, 0.6) is 0 Å². The predicted molar refractivity (Wildman–Crippen MR) is 173 cm³/mol. The molecule has 0 radical (unpaired) electrons.